The summed E-state index contributed by atoms with van der Waals surface area (Å²) in [7, 11) is 1.88. The van der Waals surface area contributed by atoms with Crippen LogP contribution in [0, 0.1) is 11.8 Å². The second-order valence-electron chi connectivity index (χ2n) is 6.34. The van der Waals surface area contributed by atoms with E-state index in [0.717, 1.165) is 38.4 Å². The van der Waals surface area contributed by atoms with Gasteiger partial charge in [-0.1, -0.05) is 13.3 Å². The predicted octanol–water partition coefficient (Wildman–Crippen LogP) is 1.35. The van der Waals surface area contributed by atoms with Crippen molar-refractivity contribution in [3.05, 3.63) is 0 Å². The van der Waals surface area contributed by atoms with Crippen molar-refractivity contribution in [1.82, 2.24) is 10.2 Å². The quantitative estimate of drug-likeness (QED) is 0.764. The first-order valence-electron chi connectivity index (χ1n) is 7.83. The molecule has 0 aromatic carbocycles. The van der Waals surface area contributed by atoms with Gasteiger partial charge in [0.05, 0.1) is 0 Å². The molecule has 1 heterocycles. The standard InChI is InChI=1S/C15H29N3O/c1-3-12-5-4-9-18(10-8-12)11-15(17-2,14(16)19)13-6-7-13/h12-13,17H,3-11H2,1-2H3,(H2,16,19). The fourth-order valence-corrected chi connectivity index (χ4v) is 3.53. The van der Waals surface area contributed by atoms with Crippen molar-refractivity contribution < 1.29 is 4.79 Å². The summed E-state index contributed by atoms with van der Waals surface area (Å²) in [5.74, 6) is 1.14. The van der Waals surface area contributed by atoms with E-state index in [1.807, 2.05) is 7.05 Å². The molecule has 2 rings (SSSR count). The molecule has 0 bridgehead atoms. The number of amides is 1. The highest BCUT2D eigenvalue weighted by atomic mass is 16.1. The number of likely N-dealkylation sites (tertiary alicyclic amines) is 1. The number of primary amides is 1. The molecule has 4 heteroatoms. The highest BCUT2D eigenvalue weighted by Gasteiger charge is 2.49. The second-order valence-corrected chi connectivity index (χ2v) is 6.34. The Hall–Kier alpha value is -0.610. The van der Waals surface area contributed by atoms with Crippen molar-refractivity contribution in [2.45, 2.75) is 51.0 Å². The van der Waals surface area contributed by atoms with Crippen molar-refractivity contribution in [1.29, 1.82) is 0 Å². The van der Waals surface area contributed by atoms with Crippen LogP contribution in [0.2, 0.25) is 0 Å². The maximum atomic E-state index is 11.9. The lowest BCUT2D eigenvalue weighted by molar-refractivity contribution is -0.126. The van der Waals surface area contributed by atoms with Crippen LogP contribution in [0.5, 0.6) is 0 Å². The number of nitrogens with zero attached hydrogens (tertiary/aromatic N) is 1. The van der Waals surface area contributed by atoms with E-state index in [1.165, 1.54) is 25.7 Å². The molecule has 3 N–H and O–H groups in total. The van der Waals surface area contributed by atoms with Gasteiger partial charge < -0.3 is 16.0 Å². The van der Waals surface area contributed by atoms with Crippen LogP contribution in [0.4, 0.5) is 0 Å². The molecule has 110 valence electrons. The Balaban J connectivity index is 1.99. The molecule has 1 aliphatic carbocycles. The van der Waals surface area contributed by atoms with Gasteiger partial charge in [-0.15, -0.1) is 0 Å². The van der Waals surface area contributed by atoms with Gasteiger partial charge in [-0.3, -0.25) is 4.79 Å². The molecule has 1 amide bonds. The molecule has 0 aromatic heterocycles. The molecular weight excluding hydrogens is 238 g/mol. The number of carbonyl (C=O) groups excluding carboxylic acids is 1. The molecule has 0 spiro atoms. The molecule has 2 unspecified atom stereocenters. The van der Waals surface area contributed by atoms with Gasteiger partial charge in [-0.05, 0) is 64.1 Å². The molecule has 0 radical (unpaired) electrons. The van der Waals surface area contributed by atoms with Crippen molar-refractivity contribution in [2.75, 3.05) is 26.7 Å². The highest BCUT2D eigenvalue weighted by molar-refractivity contribution is 5.86. The normalized spacial score (nSPS) is 28.6. The summed E-state index contributed by atoms with van der Waals surface area (Å²) in [5.41, 5.74) is 5.21. The van der Waals surface area contributed by atoms with Gasteiger partial charge in [0.1, 0.15) is 5.54 Å². The first-order chi connectivity index (χ1) is 9.12. The fraction of sp³-hybridized carbons (Fsp3) is 0.933. The van der Waals surface area contributed by atoms with Crippen LogP contribution in [0.15, 0.2) is 0 Å². The Morgan fingerprint density at radius 2 is 2.05 bits per heavy atom. The van der Waals surface area contributed by atoms with Gasteiger partial charge in [0.2, 0.25) is 5.91 Å². The number of nitrogens with one attached hydrogen (secondary N) is 1. The molecule has 1 aliphatic heterocycles. The highest BCUT2D eigenvalue weighted by Crippen LogP contribution is 2.40. The number of nitrogens with two attached hydrogens (primary N) is 1. The Kier molecular flexibility index (Phi) is 4.85. The molecule has 2 fully saturated rings. The van der Waals surface area contributed by atoms with E-state index in [-0.39, 0.29) is 5.91 Å². The van der Waals surface area contributed by atoms with Crippen molar-refractivity contribution in [3.63, 3.8) is 0 Å². The fourth-order valence-electron chi connectivity index (χ4n) is 3.53. The molecule has 4 nitrogen and oxygen atoms in total. The summed E-state index contributed by atoms with van der Waals surface area (Å²) in [6.07, 6.45) is 7.40. The predicted molar refractivity (Wildman–Crippen MR) is 77.8 cm³/mol. The average Bonchev–Trinajstić information content (AvgIpc) is 3.23. The topological polar surface area (TPSA) is 58.4 Å². The summed E-state index contributed by atoms with van der Waals surface area (Å²) in [4.78, 5) is 14.4. The molecule has 1 saturated carbocycles. The van der Waals surface area contributed by atoms with E-state index >= 15 is 0 Å². The minimum Gasteiger partial charge on any atom is -0.368 e. The van der Waals surface area contributed by atoms with Crippen LogP contribution in [-0.4, -0.2) is 43.0 Å². The summed E-state index contributed by atoms with van der Waals surface area (Å²) >= 11 is 0. The SMILES string of the molecule is CCC1CCCN(CC(NC)(C(N)=O)C2CC2)CC1. The van der Waals surface area contributed by atoms with E-state index in [1.54, 1.807) is 0 Å². The third-order valence-corrected chi connectivity index (χ3v) is 5.15. The third kappa shape index (κ3) is 3.29. The van der Waals surface area contributed by atoms with Gasteiger partial charge in [0.25, 0.3) is 0 Å². The smallest absolute Gasteiger partial charge is 0.239 e. The summed E-state index contributed by atoms with van der Waals surface area (Å²) in [6.45, 7) is 5.30. The van der Waals surface area contributed by atoms with Gasteiger partial charge in [0, 0.05) is 6.54 Å². The van der Waals surface area contributed by atoms with Gasteiger partial charge in [-0.25, -0.2) is 0 Å². The monoisotopic (exact) mass is 267 g/mol. The Labute approximate surface area is 117 Å². The molecular formula is C15H29N3O. The minimum atomic E-state index is -0.494. The lowest BCUT2D eigenvalue weighted by Gasteiger charge is -2.35. The van der Waals surface area contributed by atoms with Crippen molar-refractivity contribution in [3.8, 4) is 0 Å². The van der Waals surface area contributed by atoms with E-state index in [4.69, 9.17) is 5.73 Å². The average molecular weight is 267 g/mol. The summed E-state index contributed by atoms with van der Waals surface area (Å²) in [6, 6.07) is 0. The first-order valence-corrected chi connectivity index (χ1v) is 7.83. The lowest BCUT2D eigenvalue weighted by Crippen LogP contribution is -2.62. The largest absolute Gasteiger partial charge is 0.368 e. The maximum Gasteiger partial charge on any atom is 0.239 e. The number of likely N-dealkylation sites (N-methyl/N-ethyl adjacent to an activating group) is 1. The zero-order valence-corrected chi connectivity index (χ0v) is 12.5. The van der Waals surface area contributed by atoms with Crippen molar-refractivity contribution in [2.24, 2.45) is 17.6 Å². The number of carbonyl (C=O) groups is 1. The molecule has 2 aliphatic rings. The van der Waals surface area contributed by atoms with Crippen LogP contribution >= 0.6 is 0 Å². The van der Waals surface area contributed by atoms with Gasteiger partial charge >= 0.3 is 0 Å². The number of hydrogen-bond donors (Lipinski definition) is 2. The van der Waals surface area contributed by atoms with Gasteiger partial charge in [-0.2, -0.15) is 0 Å². The maximum absolute atomic E-state index is 11.9. The molecule has 19 heavy (non-hydrogen) atoms. The van der Waals surface area contributed by atoms with Crippen LogP contribution < -0.4 is 11.1 Å². The summed E-state index contributed by atoms with van der Waals surface area (Å²) < 4.78 is 0. The second kappa shape index (κ2) is 6.23. The zero-order valence-electron chi connectivity index (χ0n) is 12.5. The van der Waals surface area contributed by atoms with Crippen LogP contribution in [0.1, 0.15) is 45.4 Å². The third-order valence-electron chi connectivity index (χ3n) is 5.15. The van der Waals surface area contributed by atoms with Crippen LogP contribution in [-0.2, 0) is 4.79 Å². The zero-order chi connectivity index (χ0) is 13.9. The Bertz CT molecular complexity index is 317. The van der Waals surface area contributed by atoms with Crippen molar-refractivity contribution >= 4 is 5.91 Å². The molecule has 2 atom stereocenters. The van der Waals surface area contributed by atoms with E-state index in [0.29, 0.717) is 5.92 Å². The van der Waals surface area contributed by atoms with Crippen LogP contribution in [0.25, 0.3) is 0 Å². The van der Waals surface area contributed by atoms with Gasteiger partial charge in [0.15, 0.2) is 0 Å². The van der Waals surface area contributed by atoms with E-state index in [9.17, 15) is 4.79 Å². The number of hydrogen-bond acceptors (Lipinski definition) is 3. The van der Waals surface area contributed by atoms with Crippen LogP contribution in [0.3, 0.4) is 0 Å². The molecule has 1 saturated heterocycles. The Morgan fingerprint density at radius 1 is 1.32 bits per heavy atom. The molecule has 0 aromatic rings. The Morgan fingerprint density at radius 3 is 2.58 bits per heavy atom. The summed E-state index contributed by atoms with van der Waals surface area (Å²) in [5, 5.41) is 3.25. The lowest BCUT2D eigenvalue weighted by atomic mass is 9.91. The number of rotatable bonds is 6. The minimum absolute atomic E-state index is 0.172. The van der Waals surface area contributed by atoms with E-state index < -0.39 is 5.54 Å². The first kappa shape index (κ1) is 14.8. The van der Waals surface area contributed by atoms with E-state index in [2.05, 4.69) is 17.1 Å².